The van der Waals surface area contributed by atoms with E-state index in [0.29, 0.717) is 28.0 Å². The fourth-order valence-corrected chi connectivity index (χ4v) is 3.52. The molecule has 0 aliphatic rings. The normalized spacial score (nSPS) is 11.2. The summed E-state index contributed by atoms with van der Waals surface area (Å²) in [5.74, 6) is -0.287. The first-order valence-corrected chi connectivity index (χ1v) is 9.90. The Labute approximate surface area is 175 Å². The second-order valence-electron chi connectivity index (χ2n) is 7.76. The van der Waals surface area contributed by atoms with Crippen molar-refractivity contribution in [1.82, 2.24) is 14.8 Å². The van der Waals surface area contributed by atoms with Gasteiger partial charge < -0.3 is 10.4 Å². The van der Waals surface area contributed by atoms with Gasteiger partial charge in [-0.3, -0.25) is 4.79 Å². The minimum atomic E-state index is -0.320. The smallest absolute Gasteiger partial charge is 0.256 e. The van der Waals surface area contributed by atoms with Crippen LogP contribution in [0.5, 0.6) is 5.75 Å². The monoisotopic (exact) mass is 400 g/mol. The lowest BCUT2D eigenvalue weighted by Gasteiger charge is -2.13. The molecular formula is C24H24N4O2. The predicted octanol–water partition coefficient (Wildman–Crippen LogP) is 5.25. The van der Waals surface area contributed by atoms with E-state index in [2.05, 4.69) is 10.4 Å². The molecule has 0 saturated heterocycles. The molecule has 0 fully saturated rings. The maximum atomic E-state index is 13.2. The van der Waals surface area contributed by atoms with E-state index < -0.39 is 0 Å². The number of benzene rings is 2. The fourth-order valence-electron chi connectivity index (χ4n) is 3.52. The average molecular weight is 400 g/mol. The summed E-state index contributed by atoms with van der Waals surface area (Å²) in [6.07, 6.45) is 1.67. The Bertz CT molecular complexity index is 1260. The van der Waals surface area contributed by atoms with Crippen LogP contribution in [0.2, 0.25) is 0 Å². The summed E-state index contributed by atoms with van der Waals surface area (Å²) in [5, 5.41) is 18.2. The minimum absolute atomic E-state index is 0.0330. The molecule has 0 saturated carbocycles. The molecule has 0 unspecified atom stereocenters. The number of rotatable bonds is 4. The third-order valence-electron chi connectivity index (χ3n) is 5.12. The molecule has 0 aliphatic heterocycles. The van der Waals surface area contributed by atoms with Gasteiger partial charge in [0.15, 0.2) is 5.65 Å². The molecule has 6 nitrogen and oxygen atoms in total. The van der Waals surface area contributed by atoms with Crippen molar-refractivity contribution in [1.29, 1.82) is 0 Å². The SMILES string of the molecule is Cc1ccc(NC(=O)c2cc(-c3ccccc3C)nc3c2cnn3C(C)C)c(O)c1. The van der Waals surface area contributed by atoms with E-state index in [9.17, 15) is 9.90 Å². The summed E-state index contributed by atoms with van der Waals surface area (Å²) >= 11 is 0. The molecule has 0 aliphatic carbocycles. The number of nitrogens with one attached hydrogen (secondary N) is 1. The number of nitrogens with zero attached hydrogens (tertiary/aromatic N) is 3. The molecule has 0 spiro atoms. The van der Waals surface area contributed by atoms with Crippen molar-refractivity contribution in [3.8, 4) is 17.0 Å². The Morgan fingerprint density at radius 1 is 1.10 bits per heavy atom. The maximum absolute atomic E-state index is 13.2. The summed E-state index contributed by atoms with van der Waals surface area (Å²) in [7, 11) is 0. The zero-order valence-corrected chi connectivity index (χ0v) is 17.5. The first-order valence-electron chi connectivity index (χ1n) is 9.90. The van der Waals surface area contributed by atoms with Crippen LogP contribution in [0.15, 0.2) is 54.7 Å². The van der Waals surface area contributed by atoms with Gasteiger partial charge in [-0.15, -0.1) is 0 Å². The number of anilines is 1. The zero-order valence-electron chi connectivity index (χ0n) is 17.5. The summed E-state index contributed by atoms with van der Waals surface area (Å²) in [6, 6.07) is 15.0. The van der Waals surface area contributed by atoms with Crippen LogP contribution in [0.3, 0.4) is 0 Å². The topological polar surface area (TPSA) is 80.0 Å². The van der Waals surface area contributed by atoms with E-state index in [4.69, 9.17) is 4.98 Å². The molecule has 0 radical (unpaired) electrons. The molecule has 2 aromatic heterocycles. The highest BCUT2D eigenvalue weighted by molar-refractivity contribution is 6.13. The lowest BCUT2D eigenvalue weighted by Crippen LogP contribution is -2.13. The molecule has 0 bridgehead atoms. The lowest BCUT2D eigenvalue weighted by atomic mass is 10.0. The van der Waals surface area contributed by atoms with Crippen molar-refractivity contribution in [3.05, 3.63) is 71.4 Å². The molecule has 2 aromatic carbocycles. The predicted molar refractivity (Wildman–Crippen MR) is 119 cm³/mol. The van der Waals surface area contributed by atoms with Crippen LogP contribution in [-0.2, 0) is 0 Å². The Kier molecular flexibility index (Phi) is 4.99. The van der Waals surface area contributed by atoms with Gasteiger partial charge in [-0.2, -0.15) is 5.10 Å². The standard InChI is InChI=1S/C24H24N4O2/c1-14(2)28-23-19(13-25-28)18(12-21(26-23)17-8-6-5-7-16(17)4)24(30)27-20-10-9-15(3)11-22(20)29/h5-14,29H,1-4H3,(H,27,30). The summed E-state index contributed by atoms with van der Waals surface area (Å²) in [6.45, 7) is 7.95. The molecule has 2 heterocycles. The van der Waals surface area contributed by atoms with Crippen molar-refractivity contribution < 1.29 is 9.90 Å². The molecule has 0 atom stereocenters. The number of aromatic nitrogens is 3. The van der Waals surface area contributed by atoms with E-state index in [1.807, 2.05) is 62.7 Å². The Hall–Kier alpha value is -3.67. The van der Waals surface area contributed by atoms with Crippen LogP contribution in [0.4, 0.5) is 5.69 Å². The second-order valence-corrected chi connectivity index (χ2v) is 7.76. The van der Waals surface area contributed by atoms with Crippen LogP contribution in [0, 0.1) is 13.8 Å². The summed E-state index contributed by atoms with van der Waals surface area (Å²) < 4.78 is 1.82. The first-order chi connectivity index (χ1) is 14.3. The van der Waals surface area contributed by atoms with Gasteiger partial charge in [-0.1, -0.05) is 30.3 Å². The van der Waals surface area contributed by atoms with Crippen molar-refractivity contribution in [3.63, 3.8) is 0 Å². The number of fused-ring (bicyclic) bond motifs is 1. The number of pyridine rings is 1. The molecule has 1 amide bonds. The van der Waals surface area contributed by atoms with Crippen LogP contribution in [-0.4, -0.2) is 25.8 Å². The number of hydrogen-bond donors (Lipinski definition) is 2. The number of hydrogen-bond acceptors (Lipinski definition) is 4. The van der Waals surface area contributed by atoms with Gasteiger partial charge in [0.25, 0.3) is 5.91 Å². The van der Waals surface area contributed by atoms with Gasteiger partial charge in [0, 0.05) is 11.6 Å². The van der Waals surface area contributed by atoms with E-state index in [1.165, 1.54) is 0 Å². The highest BCUT2D eigenvalue weighted by Gasteiger charge is 2.20. The Morgan fingerprint density at radius 3 is 2.57 bits per heavy atom. The van der Waals surface area contributed by atoms with Gasteiger partial charge in [0.2, 0.25) is 0 Å². The van der Waals surface area contributed by atoms with E-state index in [-0.39, 0.29) is 17.7 Å². The van der Waals surface area contributed by atoms with Crippen LogP contribution in [0.1, 0.15) is 41.4 Å². The molecular weight excluding hydrogens is 376 g/mol. The number of aromatic hydroxyl groups is 1. The van der Waals surface area contributed by atoms with E-state index >= 15 is 0 Å². The Morgan fingerprint density at radius 2 is 1.87 bits per heavy atom. The van der Waals surface area contributed by atoms with Crippen LogP contribution in [0.25, 0.3) is 22.3 Å². The quantitative estimate of drug-likeness (QED) is 0.458. The Balaban J connectivity index is 1.87. The molecule has 30 heavy (non-hydrogen) atoms. The first kappa shape index (κ1) is 19.6. The van der Waals surface area contributed by atoms with Crippen LogP contribution >= 0.6 is 0 Å². The number of carbonyl (C=O) groups excluding carboxylic acids is 1. The van der Waals surface area contributed by atoms with Crippen molar-refractivity contribution >= 4 is 22.6 Å². The number of carbonyl (C=O) groups is 1. The third-order valence-corrected chi connectivity index (χ3v) is 5.12. The molecule has 4 rings (SSSR count). The highest BCUT2D eigenvalue weighted by Crippen LogP contribution is 2.30. The summed E-state index contributed by atoms with van der Waals surface area (Å²) in [5.41, 5.74) is 5.14. The molecule has 4 aromatic rings. The number of phenols is 1. The van der Waals surface area contributed by atoms with Gasteiger partial charge >= 0.3 is 0 Å². The maximum Gasteiger partial charge on any atom is 0.256 e. The number of amides is 1. The van der Waals surface area contributed by atoms with Gasteiger partial charge in [-0.25, -0.2) is 9.67 Å². The molecule has 152 valence electrons. The van der Waals surface area contributed by atoms with Crippen molar-refractivity contribution in [2.45, 2.75) is 33.7 Å². The summed E-state index contributed by atoms with van der Waals surface area (Å²) in [4.78, 5) is 18.1. The zero-order chi connectivity index (χ0) is 21.4. The minimum Gasteiger partial charge on any atom is -0.506 e. The third kappa shape index (κ3) is 3.52. The van der Waals surface area contributed by atoms with Crippen LogP contribution < -0.4 is 5.32 Å². The molecule has 2 N–H and O–H groups in total. The average Bonchev–Trinajstić information content (AvgIpc) is 3.14. The van der Waals surface area contributed by atoms with Gasteiger partial charge in [0.05, 0.1) is 28.5 Å². The number of aryl methyl sites for hydroxylation is 2. The highest BCUT2D eigenvalue weighted by atomic mass is 16.3. The van der Waals surface area contributed by atoms with E-state index in [1.54, 1.807) is 24.4 Å². The second kappa shape index (κ2) is 7.63. The van der Waals surface area contributed by atoms with Crippen molar-refractivity contribution in [2.75, 3.05) is 5.32 Å². The lowest BCUT2D eigenvalue weighted by molar-refractivity contribution is 0.102. The fraction of sp³-hybridized carbons (Fsp3) is 0.208. The van der Waals surface area contributed by atoms with Gasteiger partial charge in [-0.05, 0) is 57.0 Å². The van der Waals surface area contributed by atoms with Gasteiger partial charge in [0.1, 0.15) is 5.75 Å². The largest absolute Gasteiger partial charge is 0.506 e. The van der Waals surface area contributed by atoms with Crippen molar-refractivity contribution in [2.24, 2.45) is 0 Å². The number of phenolic OH excluding ortho intramolecular Hbond substituents is 1. The van der Waals surface area contributed by atoms with E-state index in [0.717, 1.165) is 16.7 Å². The molecule has 6 heteroatoms.